The summed E-state index contributed by atoms with van der Waals surface area (Å²) in [5, 5.41) is 7.98. The molecule has 0 amide bonds. The molecule has 2 unspecified atom stereocenters. The molecule has 1 aromatic heterocycles. The highest BCUT2D eigenvalue weighted by Crippen LogP contribution is 2.28. The first-order valence-electron chi connectivity index (χ1n) is 10.2. The average molecular weight is 522 g/mol. The van der Waals surface area contributed by atoms with Gasteiger partial charge in [-0.25, -0.2) is 4.98 Å². The fourth-order valence-electron chi connectivity index (χ4n) is 4.06. The van der Waals surface area contributed by atoms with Gasteiger partial charge in [0, 0.05) is 24.9 Å². The van der Waals surface area contributed by atoms with Crippen LogP contribution in [0, 0.1) is 19.8 Å². The molecule has 0 radical (unpaired) electrons. The van der Waals surface area contributed by atoms with Gasteiger partial charge in [-0.05, 0) is 71.2 Å². The number of hydrogen-bond acceptors (Lipinski definition) is 5. The molecule has 2 atom stereocenters. The summed E-state index contributed by atoms with van der Waals surface area (Å²) in [4.78, 5) is 11.4. The van der Waals surface area contributed by atoms with Crippen molar-refractivity contribution < 1.29 is 4.42 Å². The Bertz CT molecular complexity index is 611. The Morgan fingerprint density at radius 1 is 1.25 bits per heavy atom. The van der Waals surface area contributed by atoms with E-state index in [1.165, 1.54) is 32.1 Å². The van der Waals surface area contributed by atoms with Crippen molar-refractivity contribution in [2.45, 2.75) is 63.8 Å². The molecule has 2 N–H and O–H groups in total. The summed E-state index contributed by atoms with van der Waals surface area (Å²) in [6.45, 7) is 8.04. The minimum absolute atomic E-state index is 0. The Balaban J connectivity index is 0.00000280. The van der Waals surface area contributed by atoms with Gasteiger partial charge < -0.3 is 15.1 Å². The Labute approximate surface area is 191 Å². The van der Waals surface area contributed by atoms with Crippen molar-refractivity contribution in [3.05, 3.63) is 17.3 Å². The van der Waals surface area contributed by atoms with Crippen LogP contribution >= 0.6 is 35.7 Å². The number of aromatic nitrogens is 1. The van der Waals surface area contributed by atoms with Gasteiger partial charge in [0.15, 0.2) is 5.96 Å². The number of thioether (sulfide) groups is 1. The largest absolute Gasteiger partial charge is 0.444 e. The zero-order valence-electron chi connectivity index (χ0n) is 17.7. The van der Waals surface area contributed by atoms with Crippen LogP contribution in [0.5, 0.6) is 0 Å². The van der Waals surface area contributed by atoms with Crippen LogP contribution in [-0.2, 0) is 6.54 Å². The van der Waals surface area contributed by atoms with Gasteiger partial charge in [-0.3, -0.25) is 9.89 Å². The van der Waals surface area contributed by atoms with Crippen LogP contribution in [0.15, 0.2) is 9.41 Å². The van der Waals surface area contributed by atoms with E-state index in [1.807, 2.05) is 32.7 Å². The molecule has 8 heteroatoms. The molecular formula is C20H36IN5OS. The first kappa shape index (κ1) is 23.8. The molecule has 1 aliphatic heterocycles. The van der Waals surface area contributed by atoms with Gasteiger partial charge in [0.25, 0.3) is 0 Å². The summed E-state index contributed by atoms with van der Waals surface area (Å²) in [5.74, 6) is 3.46. The number of aliphatic imine (C=N–C) groups is 1. The highest BCUT2D eigenvalue weighted by atomic mass is 127. The van der Waals surface area contributed by atoms with E-state index in [2.05, 4.69) is 31.8 Å². The van der Waals surface area contributed by atoms with Crippen molar-refractivity contribution in [1.82, 2.24) is 20.5 Å². The van der Waals surface area contributed by atoms with Gasteiger partial charge in [0.05, 0.1) is 12.2 Å². The van der Waals surface area contributed by atoms with E-state index in [0.717, 1.165) is 54.7 Å². The number of guanidine groups is 1. The van der Waals surface area contributed by atoms with Crippen molar-refractivity contribution in [3.8, 4) is 0 Å². The molecule has 2 heterocycles. The second-order valence-corrected chi connectivity index (χ2v) is 9.07. The second-order valence-electron chi connectivity index (χ2n) is 7.93. The lowest BCUT2D eigenvalue weighted by molar-refractivity contribution is 0.164. The minimum Gasteiger partial charge on any atom is -0.444 e. The molecule has 6 nitrogen and oxygen atoms in total. The number of nitrogens with zero attached hydrogens (tertiary/aromatic N) is 3. The number of piperidine rings is 1. The van der Waals surface area contributed by atoms with Gasteiger partial charge in [-0.1, -0.05) is 0 Å². The zero-order chi connectivity index (χ0) is 19.2. The van der Waals surface area contributed by atoms with Crippen LogP contribution in [0.1, 0.15) is 49.4 Å². The molecule has 0 spiro atoms. The summed E-state index contributed by atoms with van der Waals surface area (Å²) < 4.78 is 5.73. The first-order chi connectivity index (χ1) is 13.1. The summed E-state index contributed by atoms with van der Waals surface area (Å²) in [6.07, 6.45) is 8.46. The molecule has 1 saturated carbocycles. The van der Waals surface area contributed by atoms with Crippen LogP contribution in [0.2, 0.25) is 0 Å². The van der Waals surface area contributed by atoms with E-state index in [0.29, 0.717) is 12.0 Å². The third kappa shape index (κ3) is 6.79. The van der Waals surface area contributed by atoms with Gasteiger partial charge >= 0.3 is 0 Å². The molecule has 3 rings (SSSR count). The Kier molecular flexibility index (Phi) is 9.89. The van der Waals surface area contributed by atoms with E-state index in [1.54, 1.807) is 0 Å². The molecule has 0 bridgehead atoms. The smallest absolute Gasteiger partial charge is 0.208 e. The van der Waals surface area contributed by atoms with Crippen LogP contribution in [-0.4, -0.2) is 60.1 Å². The zero-order valence-corrected chi connectivity index (χ0v) is 20.8. The summed E-state index contributed by atoms with van der Waals surface area (Å²) in [6, 6.07) is 0.572. The van der Waals surface area contributed by atoms with Crippen molar-refractivity contribution in [2.75, 3.05) is 32.9 Å². The third-order valence-electron chi connectivity index (χ3n) is 5.98. The van der Waals surface area contributed by atoms with E-state index >= 15 is 0 Å². The quantitative estimate of drug-likeness (QED) is 0.339. The lowest BCUT2D eigenvalue weighted by Crippen LogP contribution is -2.45. The number of halogens is 1. The normalized spacial score (nSPS) is 24.2. The predicted octanol–water partition coefficient (Wildman–Crippen LogP) is 3.57. The number of oxazole rings is 1. The Hall–Kier alpha value is -0.480. The fraction of sp³-hybridized carbons (Fsp3) is 0.800. The van der Waals surface area contributed by atoms with Crippen LogP contribution in [0.4, 0.5) is 0 Å². The van der Waals surface area contributed by atoms with E-state index in [9.17, 15) is 0 Å². The predicted molar refractivity (Wildman–Crippen MR) is 129 cm³/mol. The SMILES string of the molecule is CN=C(NCC1CCN(Cc2nc(C)c(C)o2)CC1)NC1CCC(SC)C1.I. The minimum atomic E-state index is 0. The number of hydrogen-bond donors (Lipinski definition) is 2. The van der Waals surface area contributed by atoms with E-state index in [-0.39, 0.29) is 24.0 Å². The monoisotopic (exact) mass is 521 g/mol. The molecule has 28 heavy (non-hydrogen) atoms. The molecule has 1 aromatic rings. The third-order valence-corrected chi connectivity index (χ3v) is 7.07. The standard InChI is InChI=1S/C20H35N5OS.HI/c1-14-15(2)26-19(23-14)13-25-9-7-16(8-10-25)12-22-20(21-3)24-17-5-6-18(11-17)27-4;/h16-18H,5-13H2,1-4H3,(H2,21,22,24);1H. The maximum Gasteiger partial charge on any atom is 0.208 e. The topological polar surface area (TPSA) is 65.7 Å². The second kappa shape index (κ2) is 11.6. The molecule has 160 valence electrons. The first-order valence-corrected chi connectivity index (χ1v) is 11.5. The number of aryl methyl sites for hydroxylation is 2. The maximum absolute atomic E-state index is 5.73. The van der Waals surface area contributed by atoms with Crippen molar-refractivity contribution in [3.63, 3.8) is 0 Å². The van der Waals surface area contributed by atoms with Crippen molar-refractivity contribution in [1.29, 1.82) is 0 Å². The number of nitrogens with one attached hydrogen (secondary N) is 2. The lowest BCUT2D eigenvalue weighted by atomic mass is 9.97. The molecule has 1 aliphatic carbocycles. The molecule has 1 saturated heterocycles. The summed E-state index contributed by atoms with van der Waals surface area (Å²) in [5.41, 5.74) is 1.01. The van der Waals surface area contributed by atoms with Crippen LogP contribution in [0.25, 0.3) is 0 Å². The highest BCUT2D eigenvalue weighted by Gasteiger charge is 2.25. The van der Waals surface area contributed by atoms with Gasteiger partial charge in [-0.2, -0.15) is 11.8 Å². The molecular weight excluding hydrogens is 485 g/mol. The van der Waals surface area contributed by atoms with Crippen molar-refractivity contribution >= 4 is 41.7 Å². The van der Waals surface area contributed by atoms with E-state index in [4.69, 9.17) is 4.42 Å². The molecule has 2 fully saturated rings. The van der Waals surface area contributed by atoms with E-state index < -0.39 is 0 Å². The van der Waals surface area contributed by atoms with Crippen LogP contribution in [0.3, 0.4) is 0 Å². The van der Waals surface area contributed by atoms with Crippen LogP contribution < -0.4 is 10.6 Å². The lowest BCUT2D eigenvalue weighted by Gasteiger charge is -2.31. The maximum atomic E-state index is 5.73. The average Bonchev–Trinajstić information content (AvgIpc) is 3.25. The van der Waals surface area contributed by atoms with Gasteiger partial charge in [-0.15, -0.1) is 24.0 Å². The Morgan fingerprint density at radius 2 is 2.00 bits per heavy atom. The molecule has 0 aromatic carbocycles. The van der Waals surface area contributed by atoms with Gasteiger partial charge in [0.2, 0.25) is 5.89 Å². The number of likely N-dealkylation sites (tertiary alicyclic amines) is 1. The van der Waals surface area contributed by atoms with Gasteiger partial charge in [0.1, 0.15) is 5.76 Å². The summed E-state index contributed by atoms with van der Waals surface area (Å²) in [7, 11) is 1.87. The summed E-state index contributed by atoms with van der Waals surface area (Å²) >= 11 is 1.99. The fourth-order valence-corrected chi connectivity index (χ4v) is 4.86. The highest BCUT2D eigenvalue weighted by molar-refractivity contribution is 14.0. The Morgan fingerprint density at radius 3 is 2.57 bits per heavy atom. The van der Waals surface area contributed by atoms with Crippen molar-refractivity contribution in [2.24, 2.45) is 10.9 Å². The molecule has 2 aliphatic rings. The number of rotatable bonds is 6.